The molecule has 1 rings (SSSR count). The highest BCUT2D eigenvalue weighted by atomic mass is 28.1. The van der Waals surface area contributed by atoms with E-state index in [0.717, 1.165) is 0 Å². The molecule has 12 heavy (non-hydrogen) atoms. The van der Waals surface area contributed by atoms with Crippen molar-refractivity contribution in [3.8, 4) is 0 Å². The maximum Gasteiger partial charge on any atom is 0.0907 e. The van der Waals surface area contributed by atoms with Gasteiger partial charge in [0.15, 0.2) is 0 Å². The smallest absolute Gasteiger partial charge is 0.0907 e. The average molecular weight is 188 g/mol. The summed E-state index contributed by atoms with van der Waals surface area (Å²) in [5.41, 5.74) is 0.0687. The number of rotatable bonds is 3. The lowest BCUT2D eigenvalue weighted by molar-refractivity contribution is -0.126. The molecule has 0 spiro atoms. The summed E-state index contributed by atoms with van der Waals surface area (Å²) in [5.74, 6) is 0. The average Bonchev–Trinajstić information content (AvgIpc) is 2.17. The Morgan fingerprint density at radius 1 is 1.42 bits per heavy atom. The van der Waals surface area contributed by atoms with E-state index in [4.69, 9.17) is 9.47 Å². The second-order valence-electron chi connectivity index (χ2n) is 3.59. The first-order valence-corrected chi connectivity index (χ1v) is 6.28. The largest absolute Gasteiger partial charge is 0.378 e. The van der Waals surface area contributed by atoms with E-state index >= 15 is 0 Å². The molecule has 0 saturated heterocycles. The molecular formula is C9H20O2Si. The van der Waals surface area contributed by atoms with Crippen LogP contribution in [-0.4, -0.2) is 36.2 Å². The van der Waals surface area contributed by atoms with Crippen LogP contribution in [0.1, 0.15) is 25.7 Å². The fraction of sp³-hybridized carbons (Fsp3) is 1.00. The van der Waals surface area contributed by atoms with Gasteiger partial charge in [-0.05, 0) is 18.9 Å². The Kier molecular flexibility index (Phi) is 3.74. The second kappa shape index (κ2) is 4.39. The highest BCUT2D eigenvalue weighted by Gasteiger charge is 2.39. The molecule has 0 heterocycles. The van der Waals surface area contributed by atoms with Crippen LogP contribution in [0.4, 0.5) is 0 Å². The molecule has 2 atom stereocenters. The van der Waals surface area contributed by atoms with Crippen LogP contribution in [0.2, 0.25) is 6.04 Å². The van der Waals surface area contributed by atoms with Crippen molar-refractivity contribution in [1.82, 2.24) is 0 Å². The van der Waals surface area contributed by atoms with Crippen molar-refractivity contribution < 1.29 is 9.47 Å². The minimum atomic E-state index is 0.0687. The molecule has 0 N–H and O–H groups in total. The van der Waals surface area contributed by atoms with Gasteiger partial charge in [-0.25, -0.2) is 0 Å². The first-order chi connectivity index (χ1) is 5.79. The van der Waals surface area contributed by atoms with Crippen LogP contribution in [0.5, 0.6) is 0 Å². The van der Waals surface area contributed by atoms with Gasteiger partial charge in [-0.1, -0.05) is 12.8 Å². The minimum absolute atomic E-state index is 0.0687. The first kappa shape index (κ1) is 10.2. The fourth-order valence-corrected chi connectivity index (χ4v) is 3.39. The monoisotopic (exact) mass is 188 g/mol. The van der Waals surface area contributed by atoms with Gasteiger partial charge in [0.2, 0.25) is 0 Å². The van der Waals surface area contributed by atoms with Gasteiger partial charge >= 0.3 is 0 Å². The van der Waals surface area contributed by atoms with E-state index in [1.165, 1.54) is 42.0 Å². The Hall–Kier alpha value is 0.137. The summed E-state index contributed by atoms with van der Waals surface area (Å²) < 4.78 is 11.1. The zero-order valence-corrected chi connectivity index (χ0v) is 10.4. The van der Waals surface area contributed by atoms with E-state index in [9.17, 15) is 0 Å². The van der Waals surface area contributed by atoms with Crippen LogP contribution in [0, 0.1) is 0 Å². The van der Waals surface area contributed by atoms with Gasteiger partial charge in [0.05, 0.1) is 11.7 Å². The quantitative estimate of drug-likeness (QED) is 0.608. The molecule has 1 aliphatic rings. The van der Waals surface area contributed by atoms with E-state index < -0.39 is 0 Å². The van der Waals surface area contributed by atoms with Crippen LogP contribution in [0.25, 0.3) is 0 Å². The third-order valence-electron chi connectivity index (χ3n) is 3.19. The van der Waals surface area contributed by atoms with Gasteiger partial charge in [0.25, 0.3) is 0 Å². The van der Waals surface area contributed by atoms with Crippen molar-refractivity contribution in [3.63, 3.8) is 0 Å². The maximum absolute atomic E-state index is 5.64. The van der Waals surface area contributed by atoms with Crippen molar-refractivity contribution in [2.24, 2.45) is 0 Å². The predicted octanol–water partition coefficient (Wildman–Crippen LogP) is 0.744. The Morgan fingerprint density at radius 2 is 2.17 bits per heavy atom. The lowest BCUT2D eigenvalue weighted by atomic mass is 9.83. The number of ether oxygens (including phenoxy) is 2. The van der Waals surface area contributed by atoms with Crippen molar-refractivity contribution in [3.05, 3.63) is 0 Å². The summed E-state index contributed by atoms with van der Waals surface area (Å²) in [5, 5.41) is 0. The standard InChI is InChI=1S/C9H20O2Si/c1-10-8-5-3-4-6-9(8,7-12)11-2/h8H,3-7H2,1-2,12H3. The molecule has 2 unspecified atom stereocenters. The molecule has 0 aromatic rings. The Labute approximate surface area is 78.1 Å². The molecule has 2 nitrogen and oxygen atoms in total. The van der Waals surface area contributed by atoms with E-state index in [0.29, 0.717) is 6.10 Å². The van der Waals surface area contributed by atoms with Crippen LogP contribution >= 0.6 is 0 Å². The molecule has 1 saturated carbocycles. The molecule has 0 amide bonds. The first-order valence-electron chi connectivity index (χ1n) is 4.87. The van der Waals surface area contributed by atoms with Gasteiger partial charge in [0.1, 0.15) is 0 Å². The minimum Gasteiger partial charge on any atom is -0.378 e. The molecule has 72 valence electrons. The summed E-state index contributed by atoms with van der Waals surface area (Å²) in [6.07, 6.45) is 5.30. The number of methoxy groups -OCH3 is 2. The molecule has 0 aromatic heterocycles. The molecule has 1 aliphatic carbocycles. The van der Waals surface area contributed by atoms with Crippen molar-refractivity contribution in [2.75, 3.05) is 14.2 Å². The van der Waals surface area contributed by atoms with Crippen molar-refractivity contribution in [1.29, 1.82) is 0 Å². The van der Waals surface area contributed by atoms with E-state index in [2.05, 4.69) is 0 Å². The fourth-order valence-electron chi connectivity index (χ4n) is 2.29. The molecule has 0 aliphatic heterocycles. The normalized spacial score (nSPS) is 37.0. The van der Waals surface area contributed by atoms with E-state index in [1.54, 1.807) is 7.11 Å². The second-order valence-corrected chi connectivity index (χ2v) is 4.30. The lowest BCUT2D eigenvalue weighted by Gasteiger charge is -2.41. The van der Waals surface area contributed by atoms with E-state index in [1.807, 2.05) is 7.11 Å². The third kappa shape index (κ3) is 1.73. The molecule has 0 aromatic carbocycles. The zero-order chi connectivity index (χ0) is 9.03. The zero-order valence-electron chi connectivity index (χ0n) is 8.43. The highest BCUT2D eigenvalue weighted by Crippen LogP contribution is 2.35. The van der Waals surface area contributed by atoms with Crippen LogP contribution in [0.15, 0.2) is 0 Å². The Balaban J connectivity index is 2.66. The Morgan fingerprint density at radius 3 is 2.58 bits per heavy atom. The molecule has 3 heteroatoms. The topological polar surface area (TPSA) is 18.5 Å². The van der Waals surface area contributed by atoms with Gasteiger partial charge in [-0.15, -0.1) is 0 Å². The highest BCUT2D eigenvalue weighted by molar-refractivity contribution is 6.09. The summed E-state index contributed by atoms with van der Waals surface area (Å²) in [6, 6.07) is 1.20. The number of hydrogen-bond donors (Lipinski definition) is 0. The predicted molar refractivity (Wildman–Crippen MR) is 53.8 cm³/mol. The summed E-state index contributed by atoms with van der Waals surface area (Å²) in [7, 11) is 4.84. The van der Waals surface area contributed by atoms with Gasteiger partial charge in [0, 0.05) is 24.5 Å². The third-order valence-corrected chi connectivity index (χ3v) is 4.39. The van der Waals surface area contributed by atoms with Crippen LogP contribution in [-0.2, 0) is 9.47 Å². The van der Waals surface area contributed by atoms with Gasteiger partial charge < -0.3 is 9.47 Å². The van der Waals surface area contributed by atoms with Crippen LogP contribution < -0.4 is 0 Å². The van der Waals surface area contributed by atoms with Crippen LogP contribution in [0.3, 0.4) is 0 Å². The van der Waals surface area contributed by atoms with Crippen molar-refractivity contribution in [2.45, 2.75) is 43.4 Å². The molecular weight excluding hydrogens is 168 g/mol. The van der Waals surface area contributed by atoms with Gasteiger partial charge in [-0.3, -0.25) is 0 Å². The summed E-state index contributed by atoms with van der Waals surface area (Å²) in [4.78, 5) is 0. The molecule has 0 bridgehead atoms. The van der Waals surface area contributed by atoms with Crippen molar-refractivity contribution >= 4 is 10.2 Å². The van der Waals surface area contributed by atoms with E-state index in [-0.39, 0.29) is 5.60 Å². The SMILES string of the molecule is COC1CCCCC1(C[SiH3])OC. The molecule has 0 radical (unpaired) electrons. The maximum atomic E-state index is 5.64. The van der Waals surface area contributed by atoms with Gasteiger partial charge in [-0.2, -0.15) is 0 Å². The Bertz CT molecular complexity index is 134. The summed E-state index contributed by atoms with van der Waals surface area (Å²) in [6.45, 7) is 0. The molecule has 1 fully saturated rings. The summed E-state index contributed by atoms with van der Waals surface area (Å²) >= 11 is 0. The number of hydrogen-bond acceptors (Lipinski definition) is 2. The lowest BCUT2D eigenvalue weighted by Crippen LogP contribution is -2.47.